The van der Waals surface area contributed by atoms with E-state index in [2.05, 4.69) is 44.8 Å². The summed E-state index contributed by atoms with van der Waals surface area (Å²) in [6.07, 6.45) is 8.21. The summed E-state index contributed by atoms with van der Waals surface area (Å²) in [5.41, 5.74) is 17.1. The van der Waals surface area contributed by atoms with Gasteiger partial charge in [-0.05, 0) is 43.6 Å². The molecule has 0 saturated carbocycles. The first kappa shape index (κ1) is 17.3. The van der Waals surface area contributed by atoms with Crippen LogP contribution in [0.1, 0.15) is 34.6 Å². The molecule has 0 bridgehead atoms. The number of nitrogens with one attached hydrogen (secondary N) is 1. The van der Waals surface area contributed by atoms with Gasteiger partial charge in [-0.2, -0.15) is 0 Å². The van der Waals surface area contributed by atoms with Crippen molar-refractivity contribution in [3.8, 4) is 0 Å². The SMILES string of the molecule is C=CC1=C(CNC(C)/C(N)=C/C(C)=C(/C)N)C(C)(C)C=C1. The molecule has 0 saturated heterocycles. The molecule has 3 heteroatoms. The first-order chi connectivity index (χ1) is 9.69. The molecule has 3 nitrogen and oxygen atoms in total. The van der Waals surface area contributed by atoms with Crippen molar-refractivity contribution in [3.63, 3.8) is 0 Å². The van der Waals surface area contributed by atoms with Crippen LogP contribution in [-0.4, -0.2) is 12.6 Å². The van der Waals surface area contributed by atoms with E-state index < -0.39 is 0 Å². The van der Waals surface area contributed by atoms with E-state index in [0.29, 0.717) is 0 Å². The molecule has 116 valence electrons. The fourth-order valence-corrected chi connectivity index (χ4v) is 2.25. The van der Waals surface area contributed by atoms with E-state index in [-0.39, 0.29) is 11.5 Å². The normalized spacial score (nSPS) is 20.5. The van der Waals surface area contributed by atoms with Crippen molar-refractivity contribution in [1.29, 1.82) is 0 Å². The summed E-state index contributed by atoms with van der Waals surface area (Å²) in [4.78, 5) is 0. The van der Waals surface area contributed by atoms with Crippen LogP contribution < -0.4 is 16.8 Å². The highest BCUT2D eigenvalue weighted by Crippen LogP contribution is 2.36. The molecular formula is C18H29N3. The number of allylic oxidation sites excluding steroid dienone is 7. The quantitative estimate of drug-likeness (QED) is 0.658. The lowest BCUT2D eigenvalue weighted by Gasteiger charge is -2.24. The van der Waals surface area contributed by atoms with E-state index in [1.807, 2.05) is 26.0 Å². The van der Waals surface area contributed by atoms with E-state index in [1.54, 1.807) is 0 Å². The first-order valence-corrected chi connectivity index (χ1v) is 7.37. The number of rotatable bonds is 6. The van der Waals surface area contributed by atoms with Gasteiger partial charge in [0.2, 0.25) is 0 Å². The molecule has 21 heavy (non-hydrogen) atoms. The molecule has 1 atom stereocenters. The van der Waals surface area contributed by atoms with E-state index in [0.717, 1.165) is 23.5 Å². The summed E-state index contributed by atoms with van der Waals surface area (Å²) in [5, 5.41) is 3.49. The predicted molar refractivity (Wildman–Crippen MR) is 92.4 cm³/mol. The maximum absolute atomic E-state index is 6.13. The smallest absolute Gasteiger partial charge is 0.0441 e. The van der Waals surface area contributed by atoms with Crippen molar-refractivity contribution in [3.05, 3.63) is 59.0 Å². The highest BCUT2D eigenvalue weighted by atomic mass is 14.9. The molecule has 0 radical (unpaired) electrons. The van der Waals surface area contributed by atoms with Gasteiger partial charge in [-0.3, -0.25) is 0 Å². The molecule has 5 N–H and O–H groups in total. The van der Waals surface area contributed by atoms with Crippen LogP contribution in [-0.2, 0) is 0 Å². The van der Waals surface area contributed by atoms with Crippen LogP contribution in [0.15, 0.2) is 59.0 Å². The minimum absolute atomic E-state index is 0.0678. The Balaban J connectivity index is 2.76. The lowest BCUT2D eigenvalue weighted by molar-refractivity contribution is 0.532. The molecule has 0 heterocycles. The third-order valence-corrected chi connectivity index (χ3v) is 4.12. The Labute approximate surface area is 129 Å². The van der Waals surface area contributed by atoms with E-state index in [1.165, 1.54) is 11.1 Å². The van der Waals surface area contributed by atoms with Gasteiger partial charge in [0, 0.05) is 29.4 Å². The second-order valence-electron chi connectivity index (χ2n) is 6.31. The van der Waals surface area contributed by atoms with Gasteiger partial charge in [-0.25, -0.2) is 0 Å². The maximum atomic E-state index is 6.13. The fraction of sp³-hybridized carbons (Fsp3) is 0.444. The molecule has 0 fully saturated rings. The van der Waals surface area contributed by atoms with Crippen LogP contribution in [0.5, 0.6) is 0 Å². The van der Waals surface area contributed by atoms with Crippen LogP contribution >= 0.6 is 0 Å². The largest absolute Gasteiger partial charge is 0.402 e. The van der Waals surface area contributed by atoms with Crippen LogP contribution in [0.2, 0.25) is 0 Å². The van der Waals surface area contributed by atoms with Gasteiger partial charge in [0.25, 0.3) is 0 Å². The summed E-state index contributed by atoms with van der Waals surface area (Å²) in [5.74, 6) is 0. The Morgan fingerprint density at radius 1 is 1.38 bits per heavy atom. The second-order valence-corrected chi connectivity index (χ2v) is 6.31. The Kier molecular flexibility index (Phi) is 5.62. The third-order valence-electron chi connectivity index (χ3n) is 4.12. The van der Waals surface area contributed by atoms with E-state index >= 15 is 0 Å². The highest BCUT2D eigenvalue weighted by Gasteiger charge is 2.26. The molecule has 0 spiro atoms. The van der Waals surface area contributed by atoms with Crippen LogP contribution in [0.3, 0.4) is 0 Å². The van der Waals surface area contributed by atoms with Gasteiger partial charge in [0.15, 0.2) is 0 Å². The van der Waals surface area contributed by atoms with Crippen molar-refractivity contribution in [2.75, 3.05) is 6.54 Å². The summed E-state index contributed by atoms with van der Waals surface area (Å²) in [7, 11) is 0. The van der Waals surface area contributed by atoms with Gasteiger partial charge in [-0.1, -0.05) is 38.7 Å². The molecular weight excluding hydrogens is 258 g/mol. The van der Waals surface area contributed by atoms with Gasteiger partial charge in [-0.15, -0.1) is 0 Å². The molecule has 1 rings (SSSR count). The van der Waals surface area contributed by atoms with Crippen LogP contribution in [0, 0.1) is 5.41 Å². The molecule has 1 aliphatic rings. The van der Waals surface area contributed by atoms with Crippen molar-refractivity contribution in [2.45, 2.75) is 40.7 Å². The standard InChI is InChI=1S/C18H29N3/c1-7-15-8-9-18(5,6)16(15)11-21-14(4)17(20)10-12(2)13(3)19/h7-10,14,21H,1,11,19-20H2,2-6H3/b13-12-,17-10-. The molecule has 1 aliphatic carbocycles. The summed E-state index contributed by atoms with van der Waals surface area (Å²) >= 11 is 0. The molecule has 0 amide bonds. The van der Waals surface area contributed by atoms with Gasteiger partial charge in [0.1, 0.15) is 0 Å². The molecule has 0 aromatic rings. The van der Waals surface area contributed by atoms with Crippen molar-refractivity contribution >= 4 is 0 Å². The van der Waals surface area contributed by atoms with Crippen molar-refractivity contribution in [1.82, 2.24) is 5.32 Å². The fourth-order valence-electron chi connectivity index (χ4n) is 2.25. The Hall–Kier alpha value is -1.74. The van der Waals surface area contributed by atoms with Crippen molar-refractivity contribution in [2.24, 2.45) is 16.9 Å². The molecule has 1 unspecified atom stereocenters. The van der Waals surface area contributed by atoms with Crippen LogP contribution in [0.4, 0.5) is 0 Å². The zero-order valence-electron chi connectivity index (χ0n) is 14.0. The number of hydrogen-bond acceptors (Lipinski definition) is 3. The third kappa shape index (κ3) is 4.36. The highest BCUT2D eigenvalue weighted by molar-refractivity contribution is 5.46. The molecule has 0 aromatic heterocycles. The van der Waals surface area contributed by atoms with Gasteiger partial charge >= 0.3 is 0 Å². The monoisotopic (exact) mass is 287 g/mol. The zero-order chi connectivity index (χ0) is 16.2. The Bertz CT molecular complexity index is 527. The van der Waals surface area contributed by atoms with Gasteiger partial charge in [0.05, 0.1) is 0 Å². The summed E-state index contributed by atoms with van der Waals surface area (Å²) in [6.45, 7) is 15.0. The lowest BCUT2D eigenvalue weighted by atomic mass is 9.86. The summed E-state index contributed by atoms with van der Waals surface area (Å²) < 4.78 is 0. The van der Waals surface area contributed by atoms with E-state index in [9.17, 15) is 0 Å². The number of nitrogens with two attached hydrogens (primary N) is 2. The average molecular weight is 287 g/mol. The maximum Gasteiger partial charge on any atom is 0.0441 e. The molecule has 0 aliphatic heterocycles. The Morgan fingerprint density at radius 3 is 2.52 bits per heavy atom. The topological polar surface area (TPSA) is 64.1 Å². The predicted octanol–water partition coefficient (Wildman–Crippen LogP) is 3.14. The minimum atomic E-state index is 0.0678. The van der Waals surface area contributed by atoms with Crippen LogP contribution in [0.25, 0.3) is 0 Å². The lowest BCUT2D eigenvalue weighted by Crippen LogP contribution is -2.35. The average Bonchev–Trinajstić information content (AvgIpc) is 2.70. The zero-order valence-corrected chi connectivity index (χ0v) is 14.0. The van der Waals surface area contributed by atoms with E-state index in [4.69, 9.17) is 11.5 Å². The van der Waals surface area contributed by atoms with Crippen molar-refractivity contribution < 1.29 is 0 Å². The first-order valence-electron chi connectivity index (χ1n) is 7.37. The van der Waals surface area contributed by atoms with Gasteiger partial charge < -0.3 is 16.8 Å². The number of hydrogen-bond donors (Lipinski definition) is 3. The minimum Gasteiger partial charge on any atom is -0.402 e. The second kappa shape index (κ2) is 6.81. The molecule has 0 aromatic carbocycles. The Morgan fingerprint density at radius 2 is 2.00 bits per heavy atom. The summed E-state index contributed by atoms with van der Waals surface area (Å²) in [6, 6.07) is 0.0919.